The Hall–Kier alpha value is -3.66. The van der Waals surface area contributed by atoms with Gasteiger partial charge in [-0.25, -0.2) is 4.79 Å². The molecule has 3 rings (SSSR count). The molecule has 2 unspecified atom stereocenters. The van der Waals surface area contributed by atoms with Gasteiger partial charge in [-0.3, -0.25) is 9.59 Å². The molecule has 0 saturated heterocycles. The summed E-state index contributed by atoms with van der Waals surface area (Å²) in [4.78, 5) is 44.8. The fourth-order valence-electron chi connectivity index (χ4n) is 6.92. The number of phenolic OH excluding ortho intramolecular Hbond substituents is 1. The molecule has 2 aliphatic carbocycles. The number of aryl methyl sites for hydroxylation is 1. The van der Waals surface area contributed by atoms with Crippen LogP contribution in [0.5, 0.6) is 11.5 Å². The van der Waals surface area contributed by atoms with Crippen molar-refractivity contribution in [3.05, 3.63) is 47.1 Å². The van der Waals surface area contributed by atoms with Gasteiger partial charge in [-0.05, 0) is 87.7 Å². The summed E-state index contributed by atoms with van der Waals surface area (Å²) >= 11 is 0. The van der Waals surface area contributed by atoms with Crippen molar-refractivity contribution in [3.63, 3.8) is 0 Å². The minimum Gasteiger partial charge on any atom is -0.507 e. The number of hydrogen-bond acceptors (Lipinski definition) is 7. The van der Waals surface area contributed by atoms with Crippen LogP contribution in [0, 0.1) is 30.1 Å². The van der Waals surface area contributed by atoms with Gasteiger partial charge in [0.2, 0.25) is 5.91 Å². The third kappa shape index (κ3) is 14.6. The van der Waals surface area contributed by atoms with E-state index in [0.717, 1.165) is 75.0 Å². The molecule has 1 saturated carbocycles. The first kappa shape index (κ1) is 42.4. The highest BCUT2D eigenvalue weighted by Gasteiger charge is 2.33. The van der Waals surface area contributed by atoms with E-state index in [-0.39, 0.29) is 41.2 Å². The fraction of sp³-hybridized carbons (Fsp3) is 0.632. The van der Waals surface area contributed by atoms with Crippen LogP contribution in [-0.2, 0) is 14.4 Å². The number of aliphatic hydroxyl groups is 1. The third-order valence-electron chi connectivity index (χ3n) is 9.21. The average molecular weight is 673 g/mol. The van der Waals surface area contributed by atoms with E-state index in [1.165, 1.54) is 25.0 Å². The molecule has 0 aliphatic heterocycles. The Labute approximate surface area is 287 Å². The maximum Gasteiger partial charge on any atom is 0.412 e. The molecule has 0 aromatic heterocycles. The second-order valence-electron chi connectivity index (χ2n) is 13.9. The highest BCUT2D eigenvalue weighted by atomic mass is 16.6. The first-order valence-electron chi connectivity index (χ1n) is 17.1. The normalized spacial score (nSPS) is 18.8. The van der Waals surface area contributed by atoms with Crippen molar-refractivity contribution >= 4 is 24.3 Å². The van der Waals surface area contributed by atoms with Crippen molar-refractivity contribution in [2.24, 2.45) is 23.2 Å². The van der Waals surface area contributed by atoms with E-state index >= 15 is 0 Å². The van der Waals surface area contributed by atoms with Crippen molar-refractivity contribution < 1.29 is 39.2 Å². The molecule has 0 bridgehead atoms. The minimum atomic E-state index is -0.805. The minimum absolute atomic E-state index is 0.0383. The second-order valence-corrected chi connectivity index (χ2v) is 13.9. The molecule has 3 atom stereocenters. The van der Waals surface area contributed by atoms with E-state index in [0.29, 0.717) is 31.2 Å². The van der Waals surface area contributed by atoms with Crippen LogP contribution in [0.4, 0.5) is 4.79 Å². The lowest BCUT2D eigenvalue weighted by Crippen LogP contribution is -2.40. The Morgan fingerprint density at radius 2 is 1.73 bits per heavy atom. The summed E-state index contributed by atoms with van der Waals surface area (Å²) in [6.07, 6.45) is 11.3. The van der Waals surface area contributed by atoms with E-state index in [1.807, 2.05) is 33.8 Å². The predicted octanol–water partition coefficient (Wildman–Crippen LogP) is 7.21. The SMILES string of the molecule is C=C(C)C1CCC(C)=C[C@H]1c1c(C)cc(OC(=O)NCC2(CC=O)CCCCC2)cc1O.CC(=O)NCC(CC(=O)O)CC(C)C.CO. The average Bonchev–Trinajstić information content (AvgIpc) is 3.00. The maximum absolute atomic E-state index is 12.5. The molecule has 0 spiro atoms. The van der Waals surface area contributed by atoms with Crippen LogP contribution in [0.3, 0.4) is 0 Å². The zero-order valence-electron chi connectivity index (χ0n) is 30.2. The van der Waals surface area contributed by atoms with Crippen molar-refractivity contribution in [3.8, 4) is 11.5 Å². The third-order valence-corrected chi connectivity index (χ3v) is 9.21. The number of aliphatic carboxylic acids is 1. The van der Waals surface area contributed by atoms with Crippen LogP contribution in [0.2, 0.25) is 0 Å². The predicted molar refractivity (Wildman–Crippen MR) is 189 cm³/mol. The largest absolute Gasteiger partial charge is 0.507 e. The molecule has 48 heavy (non-hydrogen) atoms. The number of carboxylic acid groups (broad SMARTS) is 1. The first-order valence-corrected chi connectivity index (χ1v) is 17.1. The smallest absolute Gasteiger partial charge is 0.412 e. The zero-order chi connectivity index (χ0) is 36.4. The van der Waals surface area contributed by atoms with Crippen molar-refractivity contribution in [1.82, 2.24) is 10.6 Å². The number of ether oxygens (including phenoxy) is 1. The Balaban J connectivity index is 0.000000607. The number of carbonyl (C=O) groups is 4. The number of carbonyl (C=O) groups excluding carboxylic acids is 3. The van der Waals surface area contributed by atoms with E-state index in [1.54, 1.807) is 0 Å². The molecule has 2 aliphatic rings. The number of aldehydes is 1. The Morgan fingerprint density at radius 3 is 2.25 bits per heavy atom. The number of phenols is 1. The number of amides is 2. The molecule has 270 valence electrons. The highest BCUT2D eigenvalue weighted by Crippen LogP contribution is 2.45. The van der Waals surface area contributed by atoms with Crippen LogP contribution in [0.25, 0.3) is 0 Å². The van der Waals surface area contributed by atoms with Crippen LogP contribution in [0.15, 0.2) is 35.9 Å². The molecule has 1 aromatic rings. The number of aromatic hydroxyl groups is 1. The highest BCUT2D eigenvalue weighted by molar-refractivity contribution is 5.73. The molecule has 5 N–H and O–H groups in total. The summed E-state index contributed by atoms with van der Waals surface area (Å²) in [5.41, 5.74) is 4.03. The van der Waals surface area contributed by atoms with Crippen LogP contribution in [-0.4, -0.2) is 59.8 Å². The van der Waals surface area contributed by atoms with Gasteiger partial charge >= 0.3 is 12.1 Å². The van der Waals surface area contributed by atoms with E-state index in [9.17, 15) is 24.3 Å². The summed E-state index contributed by atoms with van der Waals surface area (Å²) in [6, 6.07) is 3.33. The summed E-state index contributed by atoms with van der Waals surface area (Å²) in [7, 11) is 1.00. The van der Waals surface area contributed by atoms with E-state index in [4.69, 9.17) is 14.9 Å². The standard InChI is InChI=1S/C27H37NO4.C10H19NO3.CH4O/c1-18(2)22-9-8-19(3)14-23(22)25-20(4)15-21(16-24(25)30)32-26(31)28-17-27(12-13-29)10-6-5-7-11-27;1-7(2)4-9(5-10(13)14)6-11-8(3)12;1-2/h13-16,22-23,30H,1,5-12,17H2,2-4H3,(H,28,31);7,9H,4-6H2,1-3H3,(H,11,12)(H,13,14);2H,1H3/t22?,23-;;/m1../s1. The first-order chi connectivity index (χ1) is 22.7. The number of allylic oxidation sites excluding steroid dienone is 3. The lowest BCUT2D eigenvalue weighted by Gasteiger charge is -2.35. The second kappa shape index (κ2) is 21.3. The molecule has 10 heteroatoms. The number of hydrogen-bond donors (Lipinski definition) is 5. The van der Waals surface area contributed by atoms with Crippen molar-refractivity contribution in [2.75, 3.05) is 20.2 Å². The molecule has 0 radical (unpaired) electrons. The quantitative estimate of drug-likeness (QED) is 0.108. The molecule has 2 amide bonds. The van der Waals surface area contributed by atoms with Gasteiger partial charge in [0.1, 0.15) is 17.8 Å². The van der Waals surface area contributed by atoms with Crippen LogP contribution >= 0.6 is 0 Å². The van der Waals surface area contributed by atoms with Gasteiger partial charge in [-0.1, -0.05) is 56.9 Å². The van der Waals surface area contributed by atoms with Crippen molar-refractivity contribution in [1.29, 1.82) is 0 Å². The number of rotatable bonds is 13. The fourth-order valence-corrected chi connectivity index (χ4v) is 6.92. The maximum atomic E-state index is 12.5. The molecule has 1 fully saturated rings. The lowest BCUT2D eigenvalue weighted by atomic mass is 9.72. The van der Waals surface area contributed by atoms with Gasteiger partial charge < -0.3 is 35.5 Å². The number of aliphatic hydroxyl groups excluding tert-OH is 1. The number of nitrogens with one attached hydrogen (secondary N) is 2. The Bertz CT molecular complexity index is 1230. The van der Waals surface area contributed by atoms with Gasteiger partial charge in [-0.15, -0.1) is 0 Å². The Morgan fingerprint density at radius 1 is 1.08 bits per heavy atom. The summed E-state index contributed by atoms with van der Waals surface area (Å²) in [5.74, 6) is 0.383. The van der Waals surface area contributed by atoms with Gasteiger partial charge in [0.25, 0.3) is 0 Å². The van der Waals surface area contributed by atoms with Gasteiger partial charge in [-0.2, -0.15) is 0 Å². The summed E-state index contributed by atoms with van der Waals surface area (Å²) < 4.78 is 5.50. The Kier molecular flexibility index (Phi) is 18.8. The van der Waals surface area contributed by atoms with E-state index in [2.05, 4.69) is 30.2 Å². The number of benzene rings is 1. The van der Waals surface area contributed by atoms with Gasteiger partial charge in [0.05, 0.1) is 0 Å². The molecular weight excluding hydrogens is 612 g/mol. The molecule has 10 nitrogen and oxygen atoms in total. The summed E-state index contributed by atoms with van der Waals surface area (Å²) in [5, 5.41) is 32.0. The van der Waals surface area contributed by atoms with Gasteiger partial charge in [0.15, 0.2) is 0 Å². The zero-order valence-corrected chi connectivity index (χ0v) is 30.2. The monoisotopic (exact) mass is 672 g/mol. The molecule has 0 heterocycles. The number of carboxylic acids is 1. The van der Waals surface area contributed by atoms with E-state index < -0.39 is 12.1 Å². The molecular formula is C38H60N2O8. The lowest BCUT2D eigenvalue weighted by molar-refractivity contribution is -0.138. The van der Waals surface area contributed by atoms with Crippen molar-refractivity contribution in [2.45, 2.75) is 112 Å². The van der Waals surface area contributed by atoms with Crippen LogP contribution in [0.1, 0.15) is 116 Å². The molecule has 1 aromatic carbocycles. The van der Waals surface area contributed by atoms with Gasteiger partial charge in [0, 0.05) is 57.5 Å². The van der Waals surface area contributed by atoms with Crippen LogP contribution < -0.4 is 15.4 Å². The summed E-state index contributed by atoms with van der Waals surface area (Å²) in [6.45, 7) is 16.7. The topological polar surface area (TPSA) is 162 Å².